The Morgan fingerprint density at radius 2 is 1.92 bits per heavy atom. The van der Waals surface area contributed by atoms with Gasteiger partial charge in [0.05, 0.1) is 4.88 Å². The summed E-state index contributed by atoms with van der Waals surface area (Å²) >= 11 is 1.41. The molecule has 6 heteroatoms. The summed E-state index contributed by atoms with van der Waals surface area (Å²) in [6.07, 6.45) is 0. The normalized spacial score (nSPS) is 11.0. The maximum absolute atomic E-state index is 12.7. The predicted molar refractivity (Wildman–Crippen MR) is 98.6 cm³/mol. The molecule has 0 saturated heterocycles. The third-order valence-electron chi connectivity index (χ3n) is 3.92. The number of nitrogens with zero attached hydrogens (tertiary/aromatic N) is 2. The number of hydrogen-bond donors (Lipinski definition) is 2. The number of nitrogens with two attached hydrogens (primary N) is 1. The van der Waals surface area contributed by atoms with E-state index in [1.54, 1.807) is 0 Å². The van der Waals surface area contributed by atoms with Crippen LogP contribution in [-0.2, 0) is 6.54 Å². The zero-order valence-corrected chi connectivity index (χ0v) is 15.0. The fourth-order valence-corrected chi connectivity index (χ4v) is 4.10. The highest BCUT2D eigenvalue weighted by Gasteiger charge is 2.19. The molecule has 0 fully saturated rings. The van der Waals surface area contributed by atoms with Crippen molar-refractivity contribution in [1.29, 1.82) is 0 Å². The maximum atomic E-state index is 12.7. The largest absolute Gasteiger partial charge is 0.326 e. The molecule has 0 atom stereocenters. The third kappa shape index (κ3) is 3.02. The monoisotopic (exact) mass is 340 g/mol. The van der Waals surface area contributed by atoms with Gasteiger partial charge in [-0.15, -0.1) is 11.3 Å². The van der Waals surface area contributed by atoms with Crippen molar-refractivity contribution in [3.8, 4) is 0 Å². The molecule has 5 nitrogen and oxygen atoms in total. The van der Waals surface area contributed by atoms with Crippen LogP contribution in [-0.4, -0.2) is 15.9 Å². The van der Waals surface area contributed by atoms with E-state index in [2.05, 4.69) is 15.3 Å². The van der Waals surface area contributed by atoms with Gasteiger partial charge in [0.1, 0.15) is 10.7 Å². The fourth-order valence-electron chi connectivity index (χ4n) is 2.93. The first-order valence-corrected chi connectivity index (χ1v) is 8.57. The first-order valence-electron chi connectivity index (χ1n) is 7.75. The number of aromatic nitrogens is 2. The predicted octanol–water partition coefficient (Wildman–Crippen LogP) is 3.64. The lowest BCUT2D eigenvalue weighted by Gasteiger charge is -2.08. The van der Waals surface area contributed by atoms with Gasteiger partial charge in [-0.1, -0.05) is 6.07 Å². The summed E-state index contributed by atoms with van der Waals surface area (Å²) in [6, 6.07) is 5.86. The second-order valence-electron chi connectivity index (χ2n) is 5.96. The zero-order valence-electron chi connectivity index (χ0n) is 14.2. The fraction of sp³-hybridized carbons (Fsp3) is 0.278. The van der Waals surface area contributed by atoms with E-state index in [-0.39, 0.29) is 5.91 Å². The van der Waals surface area contributed by atoms with Crippen molar-refractivity contribution in [1.82, 2.24) is 9.97 Å². The van der Waals surface area contributed by atoms with Crippen LogP contribution in [0, 0.1) is 27.7 Å². The van der Waals surface area contributed by atoms with E-state index in [0.29, 0.717) is 11.4 Å². The topological polar surface area (TPSA) is 80.9 Å². The Bertz CT molecular complexity index is 946. The molecule has 0 aliphatic heterocycles. The smallest absolute Gasteiger partial charge is 0.266 e. The van der Waals surface area contributed by atoms with Crippen LogP contribution in [0.2, 0.25) is 0 Å². The summed E-state index contributed by atoms with van der Waals surface area (Å²) in [4.78, 5) is 23.1. The second-order valence-corrected chi connectivity index (χ2v) is 6.96. The van der Waals surface area contributed by atoms with Crippen molar-refractivity contribution in [2.45, 2.75) is 34.2 Å². The molecule has 1 amide bonds. The van der Waals surface area contributed by atoms with Crippen molar-refractivity contribution in [3.63, 3.8) is 0 Å². The summed E-state index contributed by atoms with van der Waals surface area (Å²) in [5.41, 5.74) is 10.4. The molecule has 3 N–H and O–H groups in total. The SMILES string of the molecule is Cc1cc(CN)cc(NC(=O)c2sc3nc(C)nc(C)c3c2C)c1. The number of fused-ring (bicyclic) bond motifs is 1. The van der Waals surface area contributed by atoms with E-state index in [0.717, 1.165) is 44.1 Å². The number of amides is 1. The third-order valence-corrected chi connectivity index (χ3v) is 5.10. The van der Waals surface area contributed by atoms with Gasteiger partial charge in [0.25, 0.3) is 5.91 Å². The summed E-state index contributed by atoms with van der Waals surface area (Å²) < 4.78 is 0. The molecule has 0 bridgehead atoms. The molecule has 2 heterocycles. The van der Waals surface area contributed by atoms with Crippen molar-refractivity contribution in [3.05, 3.63) is 51.3 Å². The summed E-state index contributed by atoms with van der Waals surface area (Å²) in [5, 5.41) is 3.95. The number of carbonyl (C=O) groups is 1. The van der Waals surface area contributed by atoms with Crippen LogP contribution >= 0.6 is 11.3 Å². The lowest BCUT2D eigenvalue weighted by Crippen LogP contribution is -2.12. The molecule has 0 unspecified atom stereocenters. The van der Waals surface area contributed by atoms with Crippen molar-refractivity contribution in [2.75, 3.05) is 5.32 Å². The van der Waals surface area contributed by atoms with Crippen LogP contribution in [0.15, 0.2) is 18.2 Å². The number of thiophene rings is 1. The maximum Gasteiger partial charge on any atom is 0.266 e. The van der Waals surface area contributed by atoms with Crippen LogP contribution in [0.3, 0.4) is 0 Å². The van der Waals surface area contributed by atoms with E-state index in [1.165, 1.54) is 11.3 Å². The Morgan fingerprint density at radius 3 is 2.62 bits per heavy atom. The molecule has 0 spiro atoms. The highest BCUT2D eigenvalue weighted by Crippen LogP contribution is 2.31. The van der Waals surface area contributed by atoms with Gasteiger partial charge in [-0.3, -0.25) is 4.79 Å². The standard InChI is InChI=1S/C18H20N4OS/c1-9-5-13(8-19)7-14(6-9)22-17(23)16-10(2)15-11(3)20-12(4)21-18(15)24-16/h5-7H,8,19H2,1-4H3,(H,22,23). The van der Waals surface area contributed by atoms with Gasteiger partial charge >= 0.3 is 0 Å². The molecule has 3 rings (SSSR count). The Kier molecular flexibility index (Phi) is 4.34. The Balaban J connectivity index is 1.99. The minimum absolute atomic E-state index is 0.124. The minimum Gasteiger partial charge on any atom is -0.326 e. The van der Waals surface area contributed by atoms with Crippen LogP contribution in [0.4, 0.5) is 5.69 Å². The molecular weight excluding hydrogens is 320 g/mol. The molecule has 124 valence electrons. The van der Waals surface area contributed by atoms with E-state index in [4.69, 9.17) is 5.73 Å². The number of nitrogens with one attached hydrogen (secondary N) is 1. The van der Waals surface area contributed by atoms with Gasteiger partial charge in [-0.25, -0.2) is 9.97 Å². The Hall–Kier alpha value is -2.31. The Labute approximate surface area is 144 Å². The molecule has 3 aromatic rings. The van der Waals surface area contributed by atoms with Crippen LogP contribution < -0.4 is 11.1 Å². The molecule has 2 aromatic heterocycles. The highest BCUT2D eigenvalue weighted by molar-refractivity contribution is 7.20. The average molecular weight is 340 g/mol. The van der Waals surface area contributed by atoms with E-state index < -0.39 is 0 Å². The lowest BCUT2D eigenvalue weighted by atomic mass is 10.1. The van der Waals surface area contributed by atoms with Crippen LogP contribution in [0.1, 0.15) is 37.9 Å². The number of carbonyl (C=O) groups excluding carboxylic acids is 1. The Morgan fingerprint density at radius 1 is 1.17 bits per heavy atom. The molecule has 24 heavy (non-hydrogen) atoms. The van der Waals surface area contributed by atoms with E-state index >= 15 is 0 Å². The second kappa shape index (κ2) is 6.30. The van der Waals surface area contributed by atoms with Crippen molar-refractivity contribution in [2.24, 2.45) is 5.73 Å². The molecule has 0 aliphatic carbocycles. The van der Waals surface area contributed by atoms with Gasteiger partial charge < -0.3 is 11.1 Å². The van der Waals surface area contributed by atoms with Crippen molar-refractivity contribution < 1.29 is 4.79 Å². The van der Waals surface area contributed by atoms with Gasteiger partial charge in [0, 0.05) is 23.3 Å². The first-order chi connectivity index (χ1) is 11.4. The van der Waals surface area contributed by atoms with Gasteiger partial charge in [0.2, 0.25) is 0 Å². The summed E-state index contributed by atoms with van der Waals surface area (Å²) in [6.45, 7) is 8.19. The first kappa shape index (κ1) is 16.5. The molecule has 0 saturated carbocycles. The number of benzene rings is 1. The quantitative estimate of drug-likeness (QED) is 0.763. The zero-order chi connectivity index (χ0) is 17.4. The van der Waals surface area contributed by atoms with Gasteiger partial charge in [-0.2, -0.15) is 0 Å². The van der Waals surface area contributed by atoms with Crippen LogP contribution in [0.5, 0.6) is 0 Å². The molecule has 0 radical (unpaired) electrons. The van der Waals surface area contributed by atoms with Crippen LogP contribution in [0.25, 0.3) is 10.2 Å². The average Bonchev–Trinajstić information content (AvgIpc) is 2.83. The number of hydrogen-bond acceptors (Lipinski definition) is 5. The van der Waals surface area contributed by atoms with Gasteiger partial charge in [-0.05, 0) is 56.5 Å². The van der Waals surface area contributed by atoms with Crippen molar-refractivity contribution >= 4 is 33.1 Å². The van der Waals surface area contributed by atoms with E-state index in [1.807, 2.05) is 45.9 Å². The highest BCUT2D eigenvalue weighted by atomic mass is 32.1. The number of rotatable bonds is 3. The lowest BCUT2D eigenvalue weighted by molar-refractivity contribution is 0.103. The number of aryl methyl sites for hydroxylation is 4. The molecule has 0 aliphatic rings. The van der Waals surface area contributed by atoms with Gasteiger partial charge in [0.15, 0.2) is 0 Å². The van der Waals surface area contributed by atoms with E-state index in [9.17, 15) is 4.79 Å². The summed E-state index contributed by atoms with van der Waals surface area (Å²) in [7, 11) is 0. The summed E-state index contributed by atoms with van der Waals surface area (Å²) in [5.74, 6) is 0.598. The molecule has 1 aromatic carbocycles. The minimum atomic E-state index is -0.124. The number of anilines is 1. The molecular formula is C18H20N4OS.